The van der Waals surface area contributed by atoms with Crippen LogP contribution in [0.4, 0.5) is 0 Å². The molecule has 146 valence electrons. The Morgan fingerprint density at radius 3 is 2.34 bits per heavy atom. The monoisotopic (exact) mass is 464 g/mol. The van der Waals surface area contributed by atoms with Gasteiger partial charge in [-0.15, -0.1) is 0 Å². The molecule has 0 heterocycles. The molecule has 2 aliphatic carbocycles. The van der Waals surface area contributed by atoms with E-state index >= 15 is 0 Å². The molecule has 0 aliphatic heterocycles. The van der Waals surface area contributed by atoms with Crippen LogP contribution < -0.4 is 4.46 Å². The van der Waals surface area contributed by atoms with Crippen LogP contribution in [0.2, 0.25) is 24.5 Å². The van der Waals surface area contributed by atoms with Crippen molar-refractivity contribution in [1.29, 1.82) is 0 Å². The van der Waals surface area contributed by atoms with Crippen LogP contribution in [0.3, 0.4) is 0 Å². The zero-order valence-electron chi connectivity index (χ0n) is 16.9. The van der Waals surface area contributed by atoms with Crippen LogP contribution in [0, 0.1) is 0 Å². The molecule has 29 heavy (non-hydrogen) atoms. The molecule has 0 aromatic heterocycles. The Morgan fingerprint density at radius 2 is 1.59 bits per heavy atom. The summed E-state index contributed by atoms with van der Waals surface area (Å²) in [5, 5.41) is 0. The molecular formula is C25H24O2SeSi. The predicted molar refractivity (Wildman–Crippen MR) is 121 cm³/mol. The maximum absolute atomic E-state index is 14.2. The van der Waals surface area contributed by atoms with Gasteiger partial charge in [0, 0.05) is 0 Å². The van der Waals surface area contributed by atoms with Gasteiger partial charge in [0.05, 0.1) is 0 Å². The topological polar surface area (TPSA) is 26.3 Å². The summed E-state index contributed by atoms with van der Waals surface area (Å²) >= 11 is 0.0688. The van der Waals surface area contributed by atoms with Gasteiger partial charge < -0.3 is 0 Å². The summed E-state index contributed by atoms with van der Waals surface area (Å²) in [5.41, 5.74) is 4.84. The standard InChI is InChI=1S/C25H24O2SeSi/c1-29(2,3)27-25-21-15-8-7-13-19(21)20-14-9-10-17(23(20)25)16-22(24(25)26)28-18-11-5-4-6-12-18/h4-15,22H,16H2,1-3H3/t22-,25-/m0/s1. The molecule has 0 amide bonds. The molecule has 0 unspecified atom stereocenters. The Kier molecular flexibility index (Phi) is 4.45. The van der Waals surface area contributed by atoms with E-state index in [1.165, 1.54) is 15.6 Å². The van der Waals surface area contributed by atoms with Gasteiger partial charge in [0.15, 0.2) is 0 Å². The first-order valence-corrected chi connectivity index (χ1v) is 15.3. The van der Waals surface area contributed by atoms with Gasteiger partial charge in [0.2, 0.25) is 0 Å². The Balaban J connectivity index is 1.73. The van der Waals surface area contributed by atoms with E-state index < -0.39 is 13.9 Å². The molecule has 0 radical (unpaired) electrons. The summed E-state index contributed by atoms with van der Waals surface area (Å²) in [5.74, 6) is 0.258. The second-order valence-electron chi connectivity index (χ2n) is 8.77. The molecule has 3 aromatic rings. The summed E-state index contributed by atoms with van der Waals surface area (Å²) in [6.45, 7) is 6.55. The predicted octanol–water partition coefficient (Wildman–Crippen LogP) is 4.71. The molecule has 0 saturated heterocycles. The summed E-state index contributed by atoms with van der Waals surface area (Å²) in [6.07, 6.45) is 0.807. The number of ketones is 1. The van der Waals surface area contributed by atoms with Gasteiger partial charge in [-0.1, -0.05) is 0 Å². The van der Waals surface area contributed by atoms with E-state index in [-0.39, 0.29) is 25.6 Å². The van der Waals surface area contributed by atoms with Crippen LogP contribution in [0.1, 0.15) is 16.7 Å². The van der Waals surface area contributed by atoms with Gasteiger partial charge in [0.1, 0.15) is 0 Å². The summed E-state index contributed by atoms with van der Waals surface area (Å²) < 4.78 is 8.17. The quantitative estimate of drug-likeness (QED) is 0.524. The molecule has 5 rings (SSSR count). The van der Waals surface area contributed by atoms with Crippen LogP contribution in [-0.4, -0.2) is 29.1 Å². The molecule has 2 nitrogen and oxygen atoms in total. The number of benzene rings is 3. The summed E-state index contributed by atoms with van der Waals surface area (Å²) in [4.78, 5) is 14.2. The van der Waals surface area contributed by atoms with Crippen molar-refractivity contribution in [2.75, 3.05) is 0 Å². The SMILES string of the molecule is C[Si](C)(C)O[C@]12C(=O)[C@@H]([Se]c3ccccc3)Cc3cccc(c31)-c1ccccc12. The molecule has 0 saturated carbocycles. The number of rotatable bonds is 4. The fraction of sp³-hybridized carbons (Fsp3) is 0.240. The fourth-order valence-electron chi connectivity index (χ4n) is 4.72. The van der Waals surface area contributed by atoms with Crippen LogP contribution >= 0.6 is 0 Å². The van der Waals surface area contributed by atoms with E-state index in [0.717, 1.165) is 23.1 Å². The number of hydrogen-bond acceptors (Lipinski definition) is 2. The van der Waals surface area contributed by atoms with Crippen molar-refractivity contribution in [2.24, 2.45) is 0 Å². The third kappa shape index (κ3) is 2.98. The average Bonchev–Trinajstić information content (AvgIpc) is 2.98. The summed E-state index contributed by atoms with van der Waals surface area (Å²) in [7, 11) is -2.02. The van der Waals surface area contributed by atoms with Crippen molar-refractivity contribution in [2.45, 2.75) is 36.5 Å². The van der Waals surface area contributed by atoms with E-state index in [9.17, 15) is 4.79 Å². The normalized spacial score (nSPS) is 22.3. The summed E-state index contributed by atoms with van der Waals surface area (Å²) in [6, 6.07) is 25.3. The number of fused-ring (bicyclic) bond motifs is 3. The minimum absolute atomic E-state index is 0.0184. The third-order valence-electron chi connectivity index (χ3n) is 5.62. The van der Waals surface area contributed by atoms with Gasteiger partial charge >= 0.3 is 180 Å². The van der Waals surface area contributed by atoms with Crippen molar-refractivity contribution in [3.63, 3.8) is 0 Å². The van der Waals surface area contributed by atoms with Crippen molar-refractivity contribution < 1.29 is 9.22 Å². The average molecular weight is 464 g/mol. The molecule has 0 spiro atoms. The second kappa shape index (κ2) is 6.78. The second-order valence-corrected chi connectivity index (χ2v) is 15.9. The van der Waals surface area contributed by atoms with Crippen LogP contribution in [0.25, 0.3) is 11.1 Å². The molecule has 0 N–H and O–H groups in total. The molecule has 4 heteroatoms. The van der Waals surface area contributed by atoms with Crippen LogP contribution in [-0.2, 0) is 21.2 Å². The number of carbonyl (C=O) groups excluding carboxylic acids is 1. The first kappa shape index (κ1) is 19.0. The van der Waals surface area contributed by atoms with Crippen LogP contribution in [0.5, 0.6) is 0 Å². The van der Waals surface area contributed by atoms with Crippen LogP contribution in [0.15, 0.2) is 72.8 Å². The van der Waals surface area contributed by atoms with Gasteiger partial charge in [-0.05, 0) is 0 Å². The van der Waals surface area contributed by atoms with E-state index in [4.69, 9.17) is 4.43 Å². The molecule has 3 aromatic carbocycles. The Morgan fingerprint density at radius 1 is 0.897 bits per heavy atom. The third-order valence-corrected chi connectivity index (χ3v) is 9.08. The van der Waals surface area contributed by atoms with Gasteiger partial charge in [0.25, 0.3) is 0 Å². The van der Waals surface area contributed by atoms with Crippen molar-refractivity contribution in [3.8, 4) is 11.1 Å². The first-order valence-electron chi connectivity index (χ1n) is 10.1. The van der Waals surface area contributed by atoms with E-state index in [0.29, 0.717) is 0 Å². The van der Waals surface area contributed by atoms with E-state index in [2.05, 4.69) is 80.3 Å². The minimum atomic E-state index is -2.02. The van der Waals surface area contributed by atoms with Crippen molar-refractivity contribution in [3.05, 3.63) is 89.5 Å². The van der Waals surface area contributed by atoms with Gasteiger partial charge in [-0.25, -0.2) is 0 Å². The number of carbonyl (C=O) groups is 1. The molecule has 0 bridgehead atoms. The number of hydrogen-bond donors (Lipinski definition) is 0. The molecule has 0 fully saturated rings. The molecule has 2 aliphatic rings. The Labute approximate surface area is 179 Å². The van der Waals surface area contributed by atoms with E-state index in [1.54, 1.807) is 0 Å². The van der Waals surface area contributed by atoms with E-state index in [1.807, 2.05) is 12.1 Å². The first-order chi connectivity index (χ1) is 13.9. The van der Waals surface area contributed by atoms with Crippen molar-refractivity contribution >= 4 is 33.5 Å². The fourth-order valence-corrected chi connectivity index (χ4v) is 8.42. The van der Waals surface area contributed by atoms with Crippen molar-refractivity contribution in [1.82, 2.24) is 0 Å². The Bertz CT molecular complexity index is 1100. The van der Waals surface area contributed by atoms with Gasteiger partial charge in [-0.3, -0.25) is 0 Å². The number of Topliss-reactive ketones (excluding diaryl/α,β-unsaturated/α-hetero) is 1. The maximum atomic E-state index is 14.2. The molecule has 2 atom stereocenters. The van der Waals surface area contributed by atoms with Gasteiger partial charge in [-0.2, -0.15) is 0 Å². The Hall–Kier alpha value is -1.97. The molecular weight excluding hydrogens is 439 g/mol. The zero-order chi connectivity index (χ0) is 20.2. The zero-order valence-corrected chi connectivity index (χ0v) is 19.7.